The zero-order chi connectivity index (χ0) is 9.82. The first-order valence-corrected chi connectivity index (χ1v) is 4.63. The lowest BCUT2D eigenvalue weighted by atomic mass is 10.2. The van der Waals surface area contributed by atoms with Gasteiger partial charge in [-0.15, -0.1) is 12.8 Å². The van der Waals surface area contributed by atoms with Crippen molar-refractivity contribution < 1.29 is 4.74 Å². The summed E-state index contributed by atoms with van der Waals surface area (Å²) in [6.07, 6.45) is 13.9. The Bertz CT molecular complexity index is 78.3. The van der Waals surface area contributed by atoms with E-state index in [0.717, 1.165) is 12.5 Å². The van der Waals surface area contributed by atoms with Gasteiger partial charge in [0.25, 0.3) is 0 Å². The lowest BCUT2D eigenvalue weighted by Gasteiger charge is -1.91. The standard InChI is InChI=1S/C6H12.C3H8O.C2H2/c1-6-4-2-3-5-6;1-3-4-2;1-2/h6H,2-5H2,1H3;3H2,1-2H3;1-2H. The minimum Gasteiger partial charge on any atom is -0.385 e. The Hall–Kier alpha value is -0.480. The van der Waals surface area contributed by atoms with Crippen molar-refractivity contribution in [3.63, 3.8) is 0 Å². The van der Waals surface area contributed by atoms with Gasteiger partial charge in [0, 0.05) is 13.7 Å². The van der Waals surface area contributed by atoms with Gasteiger partial charge in [0.15, 0.2) is 0 Å². The molecule has 1 fully saturated rings. The number of methoxy groups -OCH3 is 1. The molecule has 1 aliphatic carbocycles. The van der Waals surface area contributed by atoms with Gasteiger partial charge < -0.3 is 4.74 Å². The van der Waals surface area contributed by atoms with Crippen LogP contribution in [0.3, 0.4) is 0 Å². The summed E-state index contributed by atoms with van der Waals surface area (Å²) in [7, 11) is 1.68. The second-order valence-electron chi connectivity index (χ2n) is 2.97. The van der Waals surface area contributed by atoms with E-state index in [-0.39, 0.29) is 0 Å². The fraction of sp³-hybridized carbons (Fsp3) is 0.818. The summed E-state index contributed by atoms with van der Waals surface area (Å²) < 4.78 is 4.54. The van der Waals surface area contributed by atoms with Crippen LogP contribution >= 0.6 is 0 Å². The topological polar surface area (TPSA) is 9.23 Å². The highest BCUT2D eigenvalue weighted by atomic mass is 16.5. The van der Waals surface area contributed by atoms with E-state index in [0.29, 0.717) is 0 Å². The maximum atomic E-state index is 4.54. The van der Waals surface area contributed by atoms with Crippen molar-refractivity contribution in [3.05, 3.63) is 0 Å². The van der Waals surface area contributed by atoms with Crippen molar-refractivity contribution in [1.29, 1.82) is 0 Å². The van der Waals surface area contributed by atoms with Gasteiger partial charge in [-0.05, 0) is 12.8 Å². The van der Waals surface area contributed by atoms with Gasteiger partial charge in [-0.2, -0.15) is 0 Å². The maximum absolute atomic E-state index is 4.54. The molecule has 0 saturated heterocycles. The Morgan fingerprint density at radius 1 is 1.25 bits per heavy atom. The predicted molar refractivity (Wildman–Crippen MR) is 55.1 cm³/mol. The third kappa shape index (κ3) is 12.2. The molecule has 0 heterocycles. The first kappa shape index (κ1) is 14.1. The number of rotatable bonds is 1. The van der Waals surface area contributed by atoms with E-state index < -0.39 is 0 Å². The van der Waals surface area contributed by atoms with Crippen LogP contribution in [0, 0.1) is 18.8 Å². The molecule has 1 nitrogen and oxygen atoms in total. The van der Waals surface area contributed by atoms with E-state index >= 15 is 0 Å². The molecule has 1 saturated carbocycles. The molecule has 0 aromatic carbocycles. The predicted octanol–water partition coefficient (Wildman–Crippen LogP) is 3.10. The Kier molecular flexibility index (Phi) is 15.4. The highest BCUT2D eigenvalue weighted by molar-refractivity contribution is 4.60. The van der Waals surface area contributed by atoms with Gasteiger partial charge in [0.1, 0.15) is 0 Å². The molecule has 0 N–H and O–H groups in total. The zero-order valence-electron chi connectivity index (χ0n) is 8.68. The van der Waals surface area contributed by atoms with Crippen LogP contribution < -0.4 is 0 Å². The second-order valence-corrected chi connectivity index (χ2v) is 2.97. The highest BCUT2D eigenvalue weighted by Crippen LogP contribution is 2.22. The molecule has 72 valence electrons. The van der Waals surface area contributed by atoms with Crippen LogP contribution in [-0.4, -0.2) is 13.7 Å². The molecule has 1 rings (SSSR count). The number of ether oxygens (including phenoxy) is 1. The van der Waals surface area contributed by atoms with Crippen molar-refractivity contribution >= 4 is 0 Å². The summed E-state index contributed by atoms with van der Waals surface area (Å²) in [4.78, 5) is 0. The minimum absolute atomic E-state index is 0.819. The largest absolute Gasteiger partial charge is 0.385 e. The molecule has 12 heavy (non-hydrogen) atoms. The van der Waals surface area contributed by atoms with Gasteiger partial charge in [-0.1, -0.05) is 32.6 Å². The summed E-state index contributed by atoms with van der Waals surface area (Å²) in [5.74, 6) is 1.05. The minimum atomic E-state index is 0.819. The number of hydrogen-bond acceptors (Lipinski definition) is 1. The molecule has 0 bridgehead atoms. The third-order valence-corrected chi connectivity index (χ3v) is 1.93. The van der Waals surface area contributed by atoms with Gasteiger partial charge in [0.05, 0.1) is 0 Å². The van der Waals surface area contributed by atoms with Crippen LogP contribution in [-0.2, 0) is 4.74 Å². The van der Waals surface area contributed by atoms with E-state index in [1.807, 2.05) is 6.92 Å². The summed E-state index contributed by atoms with van der Waals surface area (Å²) in [6, 6.07) is 0. The lowest BCUT2D eigenvalue weighted by Crippen LogP contribution is -1.78. The van der Waals surface area contributed by atoms with E-state index in [9.17, 15) is 0 Å². The number of hydrogen-bond donors (Lipinski definition) is 0. The van der Waals surface area contributed by atoms with Crippen LogP contribution in [0.1, 0.15) is 39.5 Å². The van der Waals surface area contributed by atoms with Gasteiger partial charge in [-0.25, -0.2) is 0 Å². The van der Waals surface area contributed by atoms with Crippen molar-refractivity contribution in [2.24, 2.45) is 5.92 Å². The van der Waals surface area contributed by atoms with Gasteiger partial charge in [0.2, 0.25) is 0 Å². The summed E-state index contributed by atoms with van der Waals surface area (Å²) >= 11 is 0. The van der Waals surface area contributed by atoms with E-state index in [1.165, 1.54) is 25.7 Å². The Labute approximate surface area is 77.5 Å². The molecule has 1 heteroatoms. The molecule has 0 radical (unpaired) electrons. The normalized spacial score (nSPS) is 15.4. The first-order valence-electron chi connectivity index (χ1n) is 4.63. The van der Waals surface area contributed by atoms with Crippen molar-refractivity contribution in [2.75, 3.05) is 13.7 Å². The van der Waals surface area contributed by atoms with Crippen LogP contribution in [0.25, 0.3) is 0 Å². The van der Waals surface area contributed by atoms with Gasteiger partial charge >= 0.3 is 0 Å². The smallest absolute Gasteiger partial charge is 0.0433 e. The highest BCUT2D eigenvalue weighted by Gasteiger charge is 2.07. The van der Waals surface area contributed by atoms with Crippen LogP contribution in [0.15, 0.2) is 0 Å². The molecule has 1 aliphatic rings. The van der Waals surface area contributed by atoms with Crippen LogP contribution in [0.4, 0.5) is 0 Å². The molecule has 0 amide bonds. The molecular weight excluding hydrogens is 148 g/mol. The fourth-order valence-corrected chi connectivity index (χ4v) is 1.13. The van der Waals surface area contributed by atoms with E-state index in [2.05, 4.69) is 24.5 Å². The SMILES string of the molecule is C#C.CC1CCCC1.CCOC. The van der Waals surface area contributed by atoms with Gasteiger partial charge in [-0.3, -0.25) is 0 Å². The molecular formula is C11H22O. The Morgan fingerprint density at radius 3 is 1.67 bits per heavy atom. The molecule has 0 aromatic rings. The average Bonchev–Trinajstić information content (AvgIpc) is 2.60. The van der Waals surface area contributed by atoms with Crippen LogP contribution in [0.5, 0.6) is 0 Å². The molecule has 0 atom stereocenters. The monoisotopic (exact) mass is 170 g/mol. The Balaban J connectivity index is 0. The summed E-state index contributed by atoms with van der Waals surface area (Å²) in [6.45, 7) is 5.12. The van der Waals surface area contributed by atoms with Crippen molar-refractivity contribution in [3.8, 4) is 12.8 Å². The molecule has 0 aliphatic heterocycles. The first-order chi connectivity index (χ1) is 5.81. The third-order valence-electron chi connectivity index (χ3n) is 1.93. The second kappa shape index (κ2) is 13.1. The summed E-state index contributed by atoms with van der Waals surface area (Å²) in [5.41, 5.74) is 0. The lowest BCUT2D eigenvalue weighted by molar-refractivity contribution is 0.215. The average molecular weight is 170 g/mol. The Morgan fingerprint density at radius 2 is 1.58 bits per heavy atom. The number of terminal acetylenes is 1. The maximum Gasteiger partial charge on any atom is 0.0433 e. The van der Waals surface area contributed by atoms with Crippen LogP contribution in [0.2, 0.25) is 0 Å². The fourth-order valence-electron chi connectivity index (χ4n) is 1.13. The van der Waals surface area contributed by atoms with E-state index in [4.69, 9.17) is 0 Å². The molecule has 0 spiro atoms. The van der Waals surface area contributed by atoms with Crippen molar-refractivity contribution in [2.45, 2.75) is 39.5 Å². The van der Waals surface area contributed by atoms with E-state index in [1.54, 1.807) is 7.11 Å². The summed E-state index contributed by atoms with van der Waals surface area (Å²) in [5, 5.41) is 0. The quantitative estimate of drug-likeness (QED) is 0.549. The molecule has 0 unspecified atom stereocenters. The zero-order valence-corrected chi connectivity index (χ0v) is 8.68. The van der Waals surface area contributed by atoms with Crippen molar-refractivity contribution in [1.82, 2.24) is 0 Å². The molecule has 0 aromatic heterocycles.